The van der Waals surface area contributed by atoms with Gasteiger partial charge in [0.15, 0.2) is 0 Å². The summed E-state index contributed by atoms with van der Waals surface area (Å²) in [6.07, 6.45) is -5.42. The van der Waals surface area contributed by atoms with Crippen molar-refractivity contribution in [3.8, 4) is 0 Å². The maximum atomic E-state index is 13.0. The number of anilines is 1. The fourth-order valence-corrected chi connectivity index (χ4v) is 3.12. The highest BCUT2D eigenvalue weighted by atomic mass is 19.4. The first-order valence-electron chi connectivity index (χ1n) is 9.18. The lowest BCUT2D eigenvalue weighted by atomic mass is 9.99. The van der Waals surface area contributed by atoms with Gasteiger partial charge in [0.05, 0.1) is 17.4 Å². The molecule has 0 aliphatic carbocycles. The predicted octanol–water partition coefficient (Wildman–Crippen LogP) is 4.04. The van der Waals surface area contributed by atoms with Crippen LogP contribution in [0.3, 0.4) is 0 Å². The molecule has 5 nitrogen and oxygen atoms in total. The van der Waals surface area contributed by atoms with Crippen LogP contribution < -0.4 is 10.6 Å². The van der Waals surface area contributed by atoms with Gasteiger partial charge in [0.1, 0.15) is 0 Å². The van der Waals surface area contributed by atoms with E-state index in [0.29, 0.717) is 5.56 Å². The number of fused-ring (bicyclic) bond motifs is 1. The Morgan fingerprint density at radius 2 is 1.57 bits per heavy atom. The summed E-state index contributed by atoms with van der Waals surface area (Å²) in [6.45, 7) is -0.0302. The van der Waals surface area contributed by atoms with Crippen molar-refractivity contribution in [2.45, 2.75) is 18.7 Å². The Balaban J connectivity index is 1.58. The van der Waals surface area contributed by atoms with Crippen molar-refractivity contribution in [2.24, 2.45) is 0 Å². The van der Waals surface area contributed by atoms with E-state index in [0.717, 1.165) is 22.9 Å². The first kappa shape index (κ1) is 21.3. The molecule has 0 saturated carbocycles. The van der Waals surface area contributed by atoms with E-state index in [9.17, 15) is 27.9 Å². The van der Waals surface area contributed by atoms with E-state index in [-0.39, 0.29) is 13.0 Å². The van der Waals surface area contributed by atoms with Crippen molar-refractivity contribution in [3.63, 3.8) is 0 Å². The minimum Gasteiger partial charge on any atom is -0.388 e. The molecule has 0 radical (unpaired) electrons. The number of aliphatic hydroxyl groups excluding tert-OH is 1. The third-order valence-corrected chi connectivity index (χ3v) is 4.57. The average molecular weight is 416 g/mol. The monoisotopic (exact) mass is 416 g/mol. The molecule has 156 valence electrons. The first-order chi connectivity index (χ1) is 14.3. The van der Waals surface area contributed by atoms with Crippen LogP contribution in [0.2, 0.25) is 0 Å². The van der Waals surface area contributed by atoms with Crippen molar-refractivity contribution in [1.29, 1.82) is 0 Å². The Morgan fingerprint density at radius 1 is 0.900 bits per heavy atom. The summed E-state index contributed by atoms with van der Waals surface area (Å²) in [7, 11) is 0. The summed E-state index contributed by atoms with van der Waals surface area (Å²) in [5.41, 5.74) is -0.857. The quantitative estimate of drug-likeness (QED) is 0.550. The maximum Gasteiger partial charge on any atom is 0.418 e. The van der Waals surface area contributed by atoms with Crippen LogP contribution in [0.25, 0.3) is 10.8 Å². The van der Waals surface area contributed by atoms with E-state index in [1.807, 2.05) is 41.7 Å². The Bertz CT molecular complexity index is 1060. The van der Waals surface area contributed by atoms with Crippen LogP contribution in [0.15, 0.2) is 66.7 Å². The average Bonchev–Trinajstić information content (AvgIpc) is 2.72. The van der Waals surface area contributed by atoms with E-state index in [2.05, 4.69) is 5.32 Å². The van der Waals surface area contributed by atoms with Gasteiger partial charge in [-0.15, -0.1) is 0 Å². The summed E-state index contributed by atoms with van der Waals surface area (Å²) in [4.78, 5) is 23.9. The number of nitrogens with one attached hydrogen (secondary N) is 2. The summed E-state index contributed by atoms with van der Waals surface area (Å²) in [5.74, 6) is -2.30. The lowest BCUT2D eigenvalue weighted by molar-refractivity contribution is -0.138. The van der Waals surface area contributed by atoms with Gasteiger partial charge in [-0.25, -0.2) is 0 Å². The summed E-state index contributed by atoms with van der Waals surface area (Å²) < 4.78 is 39.0. The smallest absolute Gasteiger partial charge is 0.388 e. The molecule has 0 aliphatic rings. The Kier molecular flexibility index (Phi) is 6.37. The first-order valence-corrected chi connectivity index (χ1v) is 9.18. The molecular weight excluding hydrogens is 397 g/mol. The molecule has 2 amide bonds. The molecule has 1 atom stereocenters. The minimum absolute atomic E-state index is 0.0302. The lowest BCUT2D eigenvalue weighted by Crippen LogP contribution is -2.36. The highest BCUT2D eigenvalue weighted by Gasteiger charge is 2.34. The second kappa shape index (κ2) is 8.96. The largest absolute Gasteiger partial charge is 0.418 e. The molecule has 8 heteroatoms. The third kappa shape index (κ3) is 4.96. The van der Waals surface area contributed by atoms with E-state index >= 15 is 0 Å². The van der Waals surface area contributed by atoms with Gasteiger partial charge in [0.25, 0.3) is 0 Å². The molecule has 3 aromatic rings. The zero-order chi connectivity index (χ0) is 21.7. The SMILES string of the molecule is O=C(NCCC(O)c1cccc2ccccc12)C(=O)Nc1ccccc1C(F)(F)F. The summed E-state index contributed by atoms with van der Waals surface area (Å²) in [5, 5.41) is 16.6. The number of halogens is 3. The number of carbonyl (C=O) groups excluding carboxylic acids is 2. The van der Waals surface area contributed by atoms with Gasteiger partial charge in [0.2, 0.25) is 0 Å². The van der Waals surface area contributed by atoms with Crippen molar-refractivity contribution in [2.75, 3.05) is 11.9 Å². The van der Waals surface area contributed by atoms with E-state index < -0.39 is 35.3 Å². The number of amides is 2. The number of hydrogen-bond donors (Lipinski definition) is 3. The second-order valence-corrected chi connectivity index (χ2v) is 6.63. The van der Waals surface area contributed by atoms with Crippen LogP contribution in [0.1, 0.15) is 23.7 Å². The van der Waals surface area contributed by atoms with Gasteiger partial charge < -0.3 is 15.7 Å². The van der Waals surface area contributed by atoms with Crippen molar-refractivity contribution >= 4 is 28.3 Å². The topological polar surface area (TPSA) is 78.4 Å². The van der Waals surface area contributed by atoms with Gasteiger partial charge >= 0.3 is 18.0 Å². The molecule has 3 aromatic carbocycles. The summed E-state index contributed by atoms with van der Waals surface area (Å²) >= 11 is 0. The van der Waals surface area contributed by atoms with Gasteiger partial charge in [-0.2, -0.15) is 13.2 Å². The van der Waals surface area contributed by atoms with Crippen LogP contribution in [-0.2, 0) is 15.8 Å². The molecular formula is C22H19F3N2O3. The highest BCUT2D eigenvalue weighted by Crippen LogP contribution is 2.34. The molecule has 0 bridgehead atoms. The molecule has 0 aliphatic heterocycles. The molecule has 1 unspecified atom stereocenters. The highest BCUT2D eigenvalue weighted by molar-refractivity contribution is 6.39. The summed E-state index contributed by atoms with van der Waals surface area (Å²) in [6, 6.07) is 17.4. The van der Waals surface area contributed by atoms with Crippen LogP contribution in [-0.4, -0.2) is 23.5 Å². The Hall–Kier alpha value is -3.39. The molecule has 0 heterocycles. The van der Waals surface area contributed by atoms with E-state index in [1.165, 1.54) is 12.1 Å². The number of hydrogen-bond acceptors (Lipinski definition) is 3. The Labute approximate surface area is 170 Å². The molecule has 0 aromatic heterocycles. The number of carbonyl (C=O) groups is 2. The van der Waals surface area contributed by atoms with Crippen molar-refractivity contribution < 1.29 is 27.9 Å². The van der Waals surface area contributed by atoms with Gasteiger partial charge in [-0.1, -0.05) is 54.6 Å². The van der Waals surface area contributed by atoms with Crippen LogP contribution >= 0.6 is 0 Å². The third-order valence-electron chi connectivity index (χ3n) is 4.57. The molecule has 30 heavy (non-hydrogen) atoms. The number of rotatable bonds is 5. The zero-order valence-electron chi connectivity index (χ0n) is 15.7. The van der Waals surface area contributed by atoms with Gasteiger partial charge in [-0.05, 0) is 34.9 Å². The zero-order valence-corrected chi connectivity index (χ0v) is 15.7. The maximum absolute atomic E-state index is 13.0. The molecule has 3 rings (SSSR count). The Morgan fingerprint density at radius 3 is 2.33 bits per heavy atom. The van der Waals surface area contributed by atoms with E-state index in [1.54, 1.807) is 6.07 Å². The molecule has 0 fully saturated rings. The lowest BCUT2D eigenvalue weighted by Gasteiger charge is -2.15. The fourth-order valence-electron chi connectivity index (χ4n) is 3.12. The predicted molar refractivity (Wildman–Crippen MR) is 107 cm³/mol. The molecule has 0 saturated heterocycles. The minimum atomic E-state index is -4.66. The van der Waals surface area contributed by atoms with Crippen molar-refractivity contribution in [1.82, 2.24) is 5.32 Å². The number of alkyl halides is 3. The van der Waals surface area contributed by atoms with Crippen LogP contribution in [0.5, 0.6) is 0 Å². The number of aliphatic hydroxyl groups is 1. The second-order valence-electron chi connectivity index (χ2n) is 6.63. The standard InChI is InChI=1S/C22H19F3N2O3/c23-22(24,25)17-10-3-4-11-18(17)27-21(30)20(29)26-13-12-19(28)16-9-5-7-14-6-1-2-8-15(14)16/h1-11,19,28H,12-13H2,(H,26,29)(H,27,30). The number of benzene rings is 3. The molecule has 0 spiro atoms. The normalized spacial score (nSPS) is 12.4. The molecule has 3 N–H and O–H groups in total. The van der Waals surface area contributed by atoms with Gasteiger partial charge in [-0.3, -0.25) is 9.59 Å². The van der Waals surface area contributed by atoms with Gasteiger partial charge in [0, 0.05) is 6.54 Å². The van der Waals surface area contributed by atoms with Crippen molar-refractivity contribution in [3.05, 3.63) is 77.9 Å². The number of para-hydroxylation sites is 1. The van der Waals surface area contributed by atoms with E-state index in [4.69, 9.17) is 0 Å². The van der Waals surface area contributed by atoms with Crippen LogP contribution in [0, 0.1) is 0 Å². The fraction of sp³-hybridized carbons (Fsp3) is 0.182. The van der Waals surface area contributed by atoms with Crippen LogP contribution in [0.4, 0.5) is 18.9 Å².